The van der Waals surface area contributed by atoms with Crippen LogP contribution in [0.15, 0.2) is 77.8 Å². The Morgan fingerprint density at radius 1 is 1.06 bits per heavy atom. The average molecular weight is 457 g/mol. The molecule has 2 aromatic heterocycles. The second kappa shape index (κ2) is 10.7. The molecule has 1 aliphatic rings. The molecule has 0 saturated carbocycles. The highest BCUT2D eigenvalue weighted by molar-refractivity contribution is 5.86. The Morgan fingerprint density at radius 3 is 2.74 bits per heavy atom. The third kappa shape index (κ3) is 5.08. The lowest BCUT2D eigenvalue weighted by Gasteiger charge is -2.34. The summed E-state index contributed by atoms with van der Waals surface area (Å²) in [4.78, 5) is 8.67. The summed E-state index contributed by atoms with van der Waals surface area (Å²) < 4.78 is 5.80. The number of halogens is 2. The summed E-state index contributed by atoms with van der Waals surface area (Å²) in [5.41, 5.74) is 5.35. The van der Waals surface area contributed by atoms with Crippen LogP contribution < -0.4 is 10.6 Å². The zero-order chi connectivity index (χ0) is 19.5. The molecule has 0 amide bonds. The number of benzene rings is 2. The topological polar surface area (TPSA) is 63.0 Å². The van der Waals surface area contributed by atoms with Gasteiger partial charge in [0.2, 0.25) is 0 Å². The van der Waals surface area contributed by atoms with Crippen LogP contribution in [0.2, 0.25) is 0 Å². The van der Waals surface area contributed by atoms with Crippen LogP contribution in [0.4, 0.5) is 0 Å². The number of furan rings is 1. The highest BCUT2D eigenvalue weighted by atomic mass is 35.5. The van der Waals surface area contributed by atoms with Gasteiger partial charge in [0.25, 0.3) is 0 Å². The Hall–Kier alpha value is -2.44. The van der Waals surface area contributed by atoms with Crippen LogP contribution in [0.25, 0.3) is 22.2 Å². The van der Waals surface area contributed by atoms with Crippen molar-refractivity contribution in [2.45, 2.75) is 31.5 Å². The number of aromatic nitrogens is 2. The molecule has 0 spiro atoms. The lowest BCUT2D eigenvalue weighted by molar-refractivity contribution is 0.304. The largest absolute Gasteiger partial charge is 0.464 e. The van der Waals surface area contributed by atoms with Gasteiger partial charge in [-0.3, -0.25) is 9.97 Å². The third-order valence-electron chi connectivity index (χ3n) is 5.66. The first-order valence-electron chi connectivity index (χ1n) is 10.2. The molecule has 2 N–H and O–H groups in total. The van der Waals surface area contributed by atoms with E-state index in [0.717, 1.165) is 47.3 Å². The second-order valence-corrected chi connectivity index (χ2v) is 7.54. The predicted molar refractivity (Wildman–Crippen MR) is 129 cm³/mol. The van der Waals surface area contributed by atoms with Crippen molar-refractivity contribution in [3.8, 4) is 11.3 Å². The molecule has 5 nitrogen and oxygen atoms in total. The summed E-state index contributed by atoms with van der Waals surface area (Å²) in [6.07, 6.45) is 9.31. The van der Waals surface area contributed by atoms with Crippen LogP contribution in [0.3, 0.4) is 0 Å². The van der Waals surface area contributed by atoms with Crippen LogP contribution in [0.1, 0.15) is 30.0 Å². The highest BCUT2D eigenvalue weighted by Crippen LogP contribution is 2.29. The standard InChI is InChI=1S/C24H24N4O.2ClH/c1-2-5-17(6-3-1)23-21(7-4-9-27-23)28-15-20-14-19(22-16-25-10-11-26-22)13-18-8-12-29-24(18)20;;/h1-3,5-6,8,10-14,16,21,23,27-28H,4,7,9,15H2;2*1H/t21-,23-;;/m0../s1. The monoisotopic (exact) mass is 456 g/mol. The van der Waals surface area contributed by atoms with Crippen LogP contribution in [0.5, 0.6) is 0 Å². The second-order valence-electron chi connectivity index (χ2n) is 7.54. The van der Waals surface area contributed by atoms with Crippen molar-refractivity contribution in [1.29, 1.82) is 0 Å². The van der Waals surface area contributed by atoms with Crippen molar-refractivity contribution in [1.82, 2.24) is 20.6 Å². The van der Waals surface area contributed by atoms with Gasteiger partial charge in [-0.25, -0.2) is 0 Å². The van der Waals surface area contributed by atoms with Crippen LogP contribution in [0, 0.1) is 0 Å². The van der Waals surface area contributed by atoms with Gasteiger partial charge in [-0.2, -0.15) is 0 Å². The molecule has 2 aromatic carbocycles. The normalized spacial score (nSPS) is 18.2. The number of fused-ring (bicyclic) bond motifs is 1. The fourth-order valence-corrected chi connectivity index (χ4v) is 4.24. The average Bonchev–Trinajstić information content (AvgIpc) is 3.28. The zero-order valence-electron chi connectivity index (χ0n) is 17.0. The van der Waals surface area contributed by atoms with Gasteiger partial charge in [-0.15, -0.1) is 24.8 Å². The van der Waals surface area contributed by atoms with Crippen LogP contribution in [-0.2, 0) is 6.54 Å². The van der Waals surface area contributed by atoms with E-state index in [9.17, 15) is 0 Å². The number of nitrogens with one attached hydrogen (secondary N) is 2. The van der Waals surface area contributed by atoms with Crippen molar-refractivity contribution in [3.63, 3.8) is 0 Å². The summed E-state index contributed by atoms with van der Waals surface area (Å²) >= 11 is 0. The van der Waals surface area contributed by atoms with E-state index in [4.69, 9.17) is 4.42 Å². The SMILES string of the molecule is Cl.Cl.c1ccc([C@@H]2NCCC[C@@H]2NCc2cc(-c3cnccn3)cc3ccoc23)cc1. The van der Waals surface area contributed by atoms with E-state index in [2.05, 4.69) is 63.1 Å². The van der Waals surface area contributed by atoms with E-state index >= 15 is 0 Å². The molecule has 0 unspecified atom stereocenters. The lowest BCUT2D eigenvalue weighted by atomic mass is 9.92. The van der Waals surface area contributed by atoms with Crippen molar-refractivity contribution < 1.29 is 4.42 Å². The molecule has 7 heteroatoms. The van der Waals surface area contributed by atoms with E-state index in [1.54, 1.807) is 24.9 Å². The quantitative estimate of drug-likeness (QED) is 0.425. The van der Waals surface area contributed by atoms with Gasteiger partial charge in [0, 0.05) is 47.5 Å². The minimum Gasteiger partial charge on any atom is -0.464 e. The molecule has 2 atom stereocenters. The van der Waals surface area contributed by atoms with Crippen molar-refractivity contribution >= 4 is 35.8 Å². The van der Waals surface area contributed by atoms with Gasteiger partial charge in [-0.1, -0.05) is 30.3 Å². The van der Waals surface area contributed by atoms with Crippen LogP contribution in [-0.4, -0.2) is 22.6 Å². The van der Waals surface area contributed by atoms with E-state index in [1.807, 2.05) is 6.07 Å². The smallest absolute Gasteiger partial charge is 0.138 e. The van der Waals surface area contributed by atoms with Crippen molar-refractivity contribution in [2.75, 3.05) is 6.54 Å². The first kappa shape index (κ1) is 23.2. The molecular weight excluding hydrogens is 431 g/mol. The highest BCUT2D eigenvalue weighted by Gasteiger charge is 2.25. The maximum Gasteiger partial charge on any atom is 0.138 e. The molecule has 0 aliphatic carbocycles. The van der Waals surface area contributed by atoms with Gasteiger partial charge in [0.05, 0.1) is 18.2 Å². The van der Waals surface area contributed by atoms with Gasteiger partial charge in [-0.05, 0) is 43.1 Å². The Labute approximate surface area is 194 Å². The Balaban J connectivity index is 0.00000136. The molecular formula is C24H26Cl2N4O. The molecule has 0 radical (unpaired) electrons. The number of rotatable bonds is 5. The molecule has 3 heterocycles. The summed E-state index contributed by atoms with van der Waals surface area (Å²) in [6.45, 7) is 1.80. The summed E-state index contributed by atoms with van der Waals surface area (Å²) in [5.74, 6) is 0. The maximum absolute atomic E-state index is 5.80. The van der Waals surface area contributed by atoms with Gasteiger partial charge >= 0.3 is 0 Å². The Kier molecular flexibility index (Phi) is 8.04. The molecule has 5 rings (SSSR count). The Morgan fingerprint density at radius 2 is 1.94 bits per heavy atom. The predicted octanol–water partition coefficient (Wildman–Crippen LogP) is 5.32. The first-order valence-corrected chi connectivity index (χ1v) is 10.2. The third-order valence-corrected chi connectivity index (χ3v) is 5.66. The van der Waals surface area contributed by atoms with Gasteiger partial charge in [0.1, 0.15) is 5.58 Å². The van der Waals surface area contributed by atoms with Crippen LogP contribution >= 0.6 is 24.8 Å². The number of piperidine rings is 1. The van der Waals surface area contributed by atoms with Crippen molar-refractivity contribution in [2.24, 2.45) is 0 Å². The summed E-state index contributed by atoms with van der Waals surface area (Å²) in [7, 11) is 0. The molecule has 1 saturated heterocycles. The lowest BCUT2D eigenvalue weighted by Crippen LogP contribution is -2.45. The molecule has 31 heavy (non-hydrogen) atoms. The molecule has 0 bridgehead atoms. The minimum atomic E-state index is 0. The Bertz CT molecular complexity index is 1090. The number of hydrogen-bond acceptors (Lipinski definition) is 5. The maximum atomic E-state index is 5.80. The van der Waals surface area contributed by atoms with Gasteiger partial charge in [0.15, 0.2) is 0 Å². The summed E-state index contributed by atoms with van der Waals surface area (Å²) in [5, 5.41) is 8.56. The van der Waals surface area contributed by atoms with E-state index < -0.39 is 0 Å². The molecule has 4 aromatic rings. The summed E-state index contributed by atoms with van der Waals surface area (Å²) in [6, 6.07) is 17.7. The number of nitrogens with zero attached hydrogens (tertiary/aromatic N) is 2. The van der Waals surface area contributed by atoms with Gasteiger partial charge < -0.3 is 15.1 Å². The van der Waals surface area contributed by atoms with E-state index in [-0.39, 0.29) is 24.8 Å². The molecule has 162 valence electrons. The minimum absolute atomic E-state index is 0. The molecule has 1 fully saturated rings. The fraction of sp³-hybridized carbons (Fsp3) is 0.250. The van der Waals surface area contributed by atoms with E-state index in [0.29, 0.717) is 12.1 Å². The van der Waals surface area contributed by atoms with E-state index in [1.165, 1.54) is 12.0 Å². The first-order chi connectivity index (χ1) is 14.4. The number of hydrogen-bond donors (Lipinski definition) is 2. The molecule has 1 aliphatic heterocycles. The fourth-order valence-electron chi connectivity index (χ4n) is 4.24. The zero-order valence-corrected chi connectivity index (χ0v) is 18.7. The van der Waals surface area contributed by atoms with Crippen molar-refractivity contribution in [3.05, 3.63) is 84.5 Å².